The van der Waals surface area contributed by atoms with Crippen molar-refractivity contribution in [3.05, 3.63) is 0 Å². The molecule has 2 heteroatoms. The van der Waals surface area contributed by atoms with Crippen molar-refractivity contribution in [2.24, 2.45) is 27.9 Å². The Kier molecular flexibility index (Phi) is 3.85. The number of fused-ring (bicyclic) bond motifs is 2. The predicted molar refractivity (Wildman–Crippen MR) is 90.2 cm³/mol. The molecule has 4 aliphatic carbocycles. The Labute approximate surface area is 136 Å². The van der Waals surface area contributed by atoms with Crippen LogP contribution in [0.4, 0.5) is 0 Å². The number of rotatable bonds is 7. The molecular formula is C20H35NO. The van der Waals surface area contributed by atoms with E-state index in [9.17, 15) is 0 Å². The second-order valence-electron chi connectivity index (χ2n) is 9.23. The van der Waals surface area contributed by atoms with Crippen molar-refractivity contribution in [2.45, 2.75) is 103 Å². The van der Waals surface area contributed by atoms with E-state index < -0.39 is 6.23 Å². The molecule has 22 heavy (non-hydrogen) atoms. The van der Waals surface area contributed by atoms with Crippen LogP contribution in [0.3, 0.4) is 0 Å². The molecule has 4 aliphatic rings. The van der Waals surface area contributed by atoms with Gasteiger partial charge in [-0.3, -0.25) is 0 Å². The first-order valence-electron chi connectivity index (χ1n) is 10.1. The second kappa shape index (κ2) is 5.48. The molecule has 3 N–H and O–H groups in total. The highest BCUT2D eigenvalue weighted by molar-refractivity contribution is 5.38. The van der Waals surface area contributed by atoms with Gasteiger partial charge in [-0.15, -0.1) is 0 Å². The van der Waals surface area contributed by atoms with Crippen molar-refractivity contribution in [3.63, 3.8) is 0 Å². The molecule has 4 atom stereocenters. The molecule has 0 bridgehead atoms. The standard InChI is InChI=1S/C20H35NO/c21-17(22)10-6-2-1-4-8-16-9-5-3-7-11-19(16)15-20(19)14-18(20)12-13-18/h16-17,22H,1-15,21H2. The van der Waals surface area contributed by atoms with E-state index in [-0.39, 0.29) is 0 Å². The van der Waals surface area contributed by atoms with Gasteiger partial charge in [-0.1, -0.05) is 38.5 Å². The Morgan fingerprint density at radius 2 is 1.77 bits per heavy atom. The Morgan fingerprint density at radius 1 is 0.955 bits per heavy atom. The normalized spacial score (nSPS) is 42.5. The largest absolute Gasteiger partial charge is 0.379 e. The van der Waals surface area contributed by atoms with Crippen molar-refractivity contribution in [1.82, 2.24) is 0 Å². The number of hydrogen-bond donors (Lipinski definition) is 2. The number of aliphatic hydroxyl groups excluding tert-OH is 1. The van der Waals surface area contributed by atoms with Crippen molar-refractivity contribution in [2.75, 3.05) is 0 Å². The molecule has 0 aromatic heterocycles. The molecule has 4 rings (SSSR count). The average Bonchev–Trinajstić information content (AvgIpc) is 3.39. The van der Waals surface area contributed by atoms with Gasteiger partial charge in [0.15, 0.2) is 0 Å². The molecule has 4 unspecified atom stereocenters. The number of unbranched alkanes of at least 4 members (excludes halogenated alkanes) is 3. The molecular weight excluding hydrogens is 270 g/mol. The predicted octanol–water partition coefficient (Wildman–Crippen LogP) is 4.74. The van der Waals surface area contributed by atoms with Gasteiger partial charge in [-0.2, -0.15) is 0 Å². The van der Waals surface area contributed by atoms with Gasteiger partial charge in [0.1, 0.15) is 6.23 Å². The topological polar surface area (TPSA) is 46.2 Å². The van der Waals surface area contributed by atoms with E-state index in [1.54, 1.807) is 32.1 Å². The van der Waals surface area contributed by atoms with E-state index in [4.69, 9.17) is 10.8 Å². The SMILES string of the molecule is NC(O)CCCCCCC1CCCCCC12CC21CC12CC2. The summed E-state index contributed by atoms with van der Waals surface area (Å²) in [6.07, 6.45) is 20.8. The summed E-state index contributed by atoms with van der Waals surface area (Å²) in [6.45, 7) is 0. The molecule has 0 aromatic carbocycles. The molecule has 0 saturated heterocycles. The van der Waals surface area contributed by atoms with Crippen LogP contribution in [-0.4, -0.2) is 11.3 Å². The van der Waals surface area contributed by atoms with Crippen molar-refractivity contribution in [3.8, 4) is 0 Å². The third-order valence-electron chi connectivity index (χ3n) is 8.09. The fourth-order valence-electron chi connectivity index (χ4n) is 6.66. The van der Waals surface area contributed by atoms with Crippen LogP contribution in [0.2, 0.25) is 0 Å². The molecule has 0 aliphatic heterocycles. The minimum atomic E-state index is -0.596. The zero-order chi connectivity index (χ0) is 15.3. The highest BCUT2D eigenvalue weighted by atomic mass is 16.3. The van der Waals surface area contributed by atoms with Gasteiger partial charge < -0.3 is 10.8 Å². The summed E-state index contributed by atoms with van der Waals surface area (Å²) >= 11 is 0. The van der Waals surface area contributed by atoms with E-state index in [0.717, 1.165) is 35.0 Å². The first-order valence-corrected chi connectivity index (χ1v) is 10.1. The minimum absolute atomic E-state index is 0.596. The lowest BCUT2D eigenvalue weighted by Crippen LogP contribution is -2.19. The summed E-state index contributed by atoms with van der Waals surface area (Å²) in [4.78, 5) is 0. The van der Waals surface area contributed by atoms with Gasteiger partial charge in [0.25, 0.3) is 0 Å². The molecule has 2 nitrogen and oxygen atoms in total. The first kappa shape index (κ1) is 15.4. The number of aliphatic hydroxyl groups is 1. The van der Waals surface area contributed by atoms with Crippen LogP contribution < -0.4 is 5.73 Å². The minimum Gasteiger partial charge on any atom is -0.379 e. The lowest BCUT2D eigenvalue weighted by molar-refractivity contribution is 0.167. The molecule has 3 spiro atoms. The Bertz CT molecular complexity index is 412. The van der Waals surface area contributed by atoms with E-state index >= 15 is 0 Å². The first-order chi connectivity index (χ1) is 10.6. The highest BCUT2D eigenvalue weighted by Gasteiger charge is 2.90. The van der Waals surface area contributed by atoms with E-state index in [2.05, 4.69) is 0 Å². The Morgan fingerprint density at radius 3 is 2.50 bits per heavy atom. The Hall–Kier alpha value is -0.0800. The number of hydrogen-bond acceptors (Lipinski definition) is 2. The molecule has 0 radical (unpaired) electrons. The van der Waals surface area contributed by atoms with Gasteiger partial charge in [0.2, 0.25) is 0 Å². The molecule has 4 fully saturated rings. The van der Waals surface area contributed by atoms with E-state index in [1.807, 2.05) is 0 Å². The summed E-state index contributed by atoms with van der Waals surface area (Å²) in [5, 5.41) is 9.12. The van der Waals surface area contributed by atoms with Crippen LogP contribution >= 0.6 is 0 Å². The van der Waals surface area contributed by atoms with E-state index in [1.165, 1.54) is 51.4 Å². The summed E-state index contributed by atoms with van der Waals surface area (Å²) < 4.78 is 0. The summed E-state index contributed by atoms with van der Waals surface area (Å²) in [5.41, 5.74) is 7.99. The third-order valence-corrected chi connectivity index (χ3v) is 8.09. The monoisotopic (exact) mass is 305 g/mol. The highest BCUT2D eigenvalue weighted by Crippen LogP contribution is 2.98. The summed E-state index contributed by atoms with van der Waals surface area (Å²) in [5.74, 6) is 1.05. The van der Waals surface area contributed by atoms with Gasteiger partial charge in [0.05, 0.1) is 0 Å². The fraction of sp³-hybridized carbons (Fsp3) is 1.00. The van der Waals surface area contributed by atoms with Gasteiger partial charge >= 0.3 is 0 Å². The maximum atomic E-state index is 9.12. The van der Waals surface area contributed by atoms with Crippen LogP contribution in [-0.2, 0) is 0 Å². The zero-order valence-electron chi connectivity index (χ0n) is 14.3. The molecule has 0 aromatic rings. The smallest absolute Gasteiger partial charge is 0.102 e. The Balaban J connectivity index is 1.27. The maximum absolute atomic E-state index is 9.12. The van der Waals surface area contributed by atoms with Crippen molar-refractivity contribution in [1.29, 1.82) is 0 Å². The quantitative estimate of drug-likeness (QED) is 0.527. The lowest BCUT2D eigenvalue weighted by Gasteiger charge is -2.27. The van der Waals surface area contributed by atoms with Gasteiger partial charge in [-0.05, 0) is 80.0 Å². The second-order valence-corrected chi connectivity index (χ2v) is 9.23. The van der Waals surface area contributed by atoms with Gasteiger partial charge in [0, 0.05) is 0 Å². The number of nitrogens with two attached hydrogens (primary N) is 1. The average molecular weight is 306 g/mol. The third kappa shape index (κ3) is 2.36. The van der Waals surface area contributed by atoms with Gasteiger partial charge in [-0.25, -0.2) is 0 Å². The summed E-state index contributed by atoms with van der Waals surface area (Å²) in [6, 6.07) is 0. The van der Waals surface area contributed by atoms with Crippen LogP contribution in [0.25, 0.3) is 0 Å². The molecule has 126 valence electrons. The molecule has 0 amide bonds. The summed E-state index contributed by atoms with van der Waals surface area (Å²) in [7, 11) is 0. The molecule has 0 heterocycles. The van der Waals surface area contributed by atoms with Crippen molar-refractivity contribution < 1.29 is 5.11 Å². The van der Waals surface area contributed by atoms with Crippen molar-refractivity contribution >= 4 is 0 Å². The lowest BCUT2D eigenvalue weighted by atomic mass is 9.78. The van der Waals surface area contributed by atoms with E-state index in [0.29, 0.717) is 0 Å². The maximum Gasteiger partial charge on any atom is 0.102 e. The zero-order valence-corrected chi connectivity index (χ0v) is 14.3. The van der Waals surface area contributed by atoms with Crippen LogP contribution in [0.5, 0.6) is 0 Å². The van der Waals surface area contributed by atoms with Crippen LogP contribution in [0, 0.1) is 22.2 Å². The molecule has 4 saturated carbocycles. The van der Waals surface area contributed by atoms with Crippen LogP contribution in [0.15, 0.2) is 0 Å². The van der Waals surface area contributed by atoms with Crippen LogP contribution in [0.1, 0.15) is 96.3 Å². The fourth-order valence-corrected chi connectivity index (χ4v) is 6.66.